The summed E-state index contributed by atoms with van der Waals surface area (Å²) in [7, 11) is 0. The molecule has 6 nitrogen and oxygen atoms in total. The molecule has 2 heterocycles. The summed E-state index contributed by atoms with van der Waals surface area (Å²) in [6.45, 7) is 7.63. The van der Waals surface area contributed by atoms with Gasteiger partial charge in [0.15, 0.2) is 0 Å². The Morgan fingerprint density at radius 1 is 1.43 bits per heavy atom. The Morgan fingerprint density at radius 2 is 2.19 bits per heavy atom. The molecule has 0 aromatic carbocycles. The summed E-state index contributed by atoms with van der Waals surface area (Å²) in [5.41, 5.74) is 5.68. The molecule has 120 valence electrons. The molecule has 7 heteroatoms. The van der Waals surface area contributed by atoms with Crippen molar-refractivity contribution in [3.8, 4) is 0 Å². The van der Waals surface area contributed by atoms with Crippen LogP contribution in [0.2, 0.25) is 0 Å². The van der Waals surface area contributed by atoms with Crippen molar-refractivity contribution in [2.45, 2.75) is 57.8 Å². The van der Waals surface area contributed by atoms with E-state index in [1.165, 1.54) is 0 Å². The molecule has 1 aliphatic carbocycles. The molecule has 1 saturated carbocycles. The zero-order valence-electron chi connectivity index (χ0n) is 12.8. The summed E-state index contributed by atoms with van der Waals surface area (Å²) >= 11 is 0. The lowest BCUT2D eigenvalue weighted by Crippen LogP contribution is -2.67. The highest BCUT2D eigenvalue weighted by Gasteiger charge is 2.62. The van der Waals surface area contributed by atoms with E-state index in [-0.39, 0.29) is 30.0 Å². The van der Waals surface area contributed by atoms with Gasteiger partial charge in [0.2, 0.25) is 11.7 Å². The van der Waals surface area contributed by atoms with Crippen molar-refractivity contribution in [3.63, 3.8) is 0 Å². The molecule has 3 atom stereocenters. The van der Waals surface area contributed by atoms with Gasteiger partial charge in [-0.1, -0.05) is 19.0 Å². The minimum absolute atomic E-state index is 0. The van der Waals surface area contributed by atoms with Gasteiger partial charge in [-0.3, -0.25) is 0 Å². The van der Waals surface area contributed by atoms with Crippen LogP contribution in [0.25, 0.3) is 0 Å². The van der Waals surface area contributed by atoms with Gasteiger partial charge >= 0.3 is 0 Å². The second-order valence-electron chi connectivity index (χ2n) is 6.30. The van der Waals surface area contributed by atoms with Crippen LogP contribution in [-0.2, 0) is 15.0 Å². The Balaban J connectivity index is 0.00000161. The van der Waals surface area contributed by atoms with Gasteiger partial charge < -0.3 is 19.7 Å². The average Bonchev–Trinajstić information content (AvgIpc) is 3.09. The molecule has 0 amide bonds. The summed E-state index contributed by atoms with van der Waals surface area (Å²) < 4.78 is 16.7. The molecule has 0 spiro atoms. The molecule has 1 aromatic rings. The summed E-state index contributed by atoms with van der Waals surface area (Å²) in [5.74, 6) is 1.13. The fourth-order valence-electron chi connectivity index (χ4n) is 3.13. The first kappa shape index (κ1) is 16.7. The molecule has 2 aliphatic rings. The highest BCUT2D eigenvalue weighted by Crippen LogP contribution is 2.55. The van der Waals surface area contributed by atoms with Crippen LogP contribution in [0.5, 0.6) is 0 Å². The maximum absolute atomic E-state index is 6.52. The quantitative estimate of drug-likeness (QED) is 0.917. The zero-order chi connectivity index (χ0) is 14.4. The van der Waals surface area contributed by atoms with Crippen molar-refractivity contribution < 1.29 is 14.0 Å². The maximum Gasteiger partial charge on any atom is 0.247 e. The number of aromatic nitrogens is 2. The Hall–Kier alpha value is -0.690. The molecule has 1 aromatic heterocycles. The standard InChI is InChI=1S/C14H23N3O3.ClH/c1-4-18-10-8-14(15,13(10,2)3)12-16-11(17-20-12)9-6-5-7-19-9;/h9-10H,4-8,15H2,1-3H3;1H. The van der Waals surface area contributed by atoms with E-state index in [0.29, 0.717) is 24.7 Å². The lowest BCUT2D eigenvalue weighted by atomic mass is 9.54. The minimum atomic E-state index is -0.614. The summed E-state index contributed by atoms with van der Waals surface area (Å²) in [6.07, 6.45) is 2.79. The summed E-state index contributed by atoms with van der Waals surface area (Å²) in [4.78, 5) is 4.49. The number of ether oxygens (including phenoxy) is 2. The van der Waals surface area contributed by atoms with Gasteiger partial charge in [-0.25, -0.2) is 0 Å². The van der Waals surface area contributed by atoms with Crippen LogP contribution in [-0.4, -0.2) is 29.5 Å². The molecule has 2 fully saturated rings. The predicted octanol–water partition coefficient (Wildman–Crippen LogP) is 2.33. The molecule has 1 saturated heterocycles. The summed E-state index contributed by atoms with van der Waals surface area (Å²) in [6, 6.07) is 0. The number of nitrogens with zero attached hydrogens (tertiary/aromatic N) is 2. The van der Waals surface area contributed by atoms with Crippen molar-refractivity contribution >= 4 is 12.4 Å². The number of hydrogen-bond acceptors (Lipinski definition) is 6. The summed E-state index contributed by atoms with van der Waals surface area (Å²) in [5, 5.41) is 4.05. The second-order valence-corrected chi connectivity index (χ2v) is 6.30. The molecule has 0 radical (unpaired) electrons. The number of halogens is 1. The van der Waals surface area contributed by atoms with Crippen molar-refractivity contribution in [2.75, 3.05) is 13.2 Å². The number of rotatable bonds is 4. The monoisotopic (exact) mass is 317 g/mol. The van der Waals surface area contributed by atoms with Crippen LogP contribution in [0.3, 0.4) is 0 Å². The smallest absolute Gasteiger partial charge is 0.247 e. The van der Waals surface area contributed by atoms with E-state index in [2.05, 4.69) is 24.0 Å². The SMILES string of the molecule is CCOC1CC(N)(c2nc(C3CCCO3)no2)C1(C)C.Cl. The first-order chi connectivity index (χ1) is 9.49. The minimum Gasteiger partial charge on any atom is -0.378 e. The lowest BCUT2D eigenvalue weighted by molar-refractivity contribution is -0.162. The highest BCUT2D eigenvalue weighted by molar-refractivity contribution is 5.85. The maximum atomic E-state index is 6.52. The molecular formula is C14H24ClN3O3. The van der Waals surface area contributed by atoms with Gasteiger partial charge in [0.25, 0.3) is 0 Å². The van der Waals surface area contributed by atoms with E-state index in [1.807, 2.05) is 6.92 Å². The van der Waals surface area contributed by atoms with Crippen molar-refractivity contribution in [1.82, 2.24) is 10.1 Å². The fourth-order valence-corrected chi connectivity index (χ4v) is 3.13. The Bertz CT molecular complexity index is 488. The van der Waals surface area contributed by atoms with E-state index >= 15 is 0 Å². The highest BCUT2D eigenvalue weighted by atomic mass is 35.5. The largest absolute Gasteiger partial charge is 0.378 e. The van der Waals surface area contributed by atoms with E-state index in [0.717, 1.165) is 19.4 Å². The molecule has 21 heavy (non-hydrogen) atoms. The van der Waals surface area contributed by atoms with E-state index in [9.17, 15) is 0 Å². The average molecular weight is 318 g/mol. The predicted molar refractivity (Wildman–Crippen MR) is 79.2 cm³/mol. The van der Waals surface area contributed by atoms with Gasteiger partial charge in [-0.05, 0) is 19.8 Å². The molecule has 0 bridgehead atoms. The van der Waals surface area contributed by atoms with Crippen LogP contribution < -0.4 is 5.73 Å². The Kier molecular flexibility index (Phi) is 4.63. The van der Waals surface area contributed by atoms with Crippen LogP contribution in [0.15, 0.2) is 4.52 Å². The van der Waals surface area contributed by atoms with E-state index < -0.39 is 5.54 Å². The number of nitrogens with two attached hydrogens (primary N) is 1. The third-order valence-corrected chi connectivity index (χ3v) is 4.87. The van der Waals surface area contributed by atoms with Gasteiger partial charge in [0.05, 0.1) is 6.10 Å². The molecular weight excluding hydrogens is 294 g/mol. The first-order valence-electron chi connectivity index (χ1n) is 7.35. The van der Waals surface area contributed by atoms with E-state index in [1.54, 1.807) is 0 Å². The zero-order valence-corrected chi connectivity index (χ0v) is 13.6. The third-order valence-electron chi connectivity index (χ3n) is 4.87. The van der Waals surface area contributed by atoms with Gasteiger partial charge in [0, 0.05) is 25.0 Å². The molecule has 2 N–H and O–H groups in total. The van der Waals surface area contributed by atoms with Crippen molar-refractivity contribution in [1.29, 1.82) is 0 Å². The van der Waals surface area contributed by atoms with Crippen LogP contribution >= 0.6 is 12.4 Å². The Morgan fingerprint density at radius 3 is 2.76 bits per heavy atom. The lowest BCUT2D eigenvalue weighted by Gasteiger charge is -2.56. The van der Waals surface area contributed by atoms with Gasteiger partial charge in [-0.2, -0.15) is 4.98 Å². The molecule has 3 unspecified atom stereocenters. The number of hydrogen-bond donors (Lipinski definition) is 1. The first-order valence-corrected chi connectivity index (χ1v) is 7.35. The van der Waals surface area contributed by atoms with Crippen LogP contribution in [0.4, 0.5) is 0 Å². The normalized spacial score (nSPS) is 34.3. The fraction of sp³-hybridized carbons (Fsp3) is 0.857. The molecule has 3 rings (SSSR count). The van der Waals surface area contributed by atoms with Crippen LogP contribution in [0, 0.1) is 5.41 Å². The van der Waals surface area contributed by atoms with Gasteiger partial charge in [0.1, 0.15) is 11.6 Å². The topological polar surface area (TPSA) is 83.4 Å². The van der Waals surface area contributed by atoms with Gasteiger partial charge in [-0.15, -0.1) is 12.4 Å². The van der Waals surface area contributed by atoms with Crippen LogP contribution in [0.1, 0.15) is 57.9 Å². The van der Waals surface area contributed by atoms with Crippen molar-refractivity contribution in [2.24, 2.45) is 11.1 Å². The molecule has 1 aliphatic heterocycles. The second kappa shape index (κ2) is 5.83. The van der Waals surface area contributed by atoms with Crippen molar-refractivity contribution in [3.05, 3.63) is 11.7 Å². The third kappa shape index (κ3) is 2.48. The van der Waals surface area contributed by atoms with E-state index in [4.69, 9.17) is 19.7 Å². The Labute approximate surface area is 131 Å².